The first-order valence-electron chi connectivity index (χ1n) is 8.68. The van der Waals surface area contributed by atoms with E-state index in [0.717, 1.165) is 34.6 Å². The number of aromatic nitrogens is 4. The zero-order valence-electron chi connectivity index (χ0n) is 16.0. The molecule has 0 saturated heterocycles. The molecule has 2 N–H and O–H groups in total. The summed E-state index contributed by atoms with van der Waals surface area (Å²) in [5.41, 5.74) is 7.13. The van der Waals surface area contributed by atoms with Crippen LogP contribution >= 0.6 is 11.8 Å². The molecule has 0 fully saturated rings. The molecule has 0 bridgehead atoms. The summed E-state index contributed by atoms with van der Waals surface area (Å²) in [4.78, 5) is 34.4. The largest absolute Gasteiger partial charge is 0.272 e. The fraction of sp³-hybridized carbons (Fsp3) is 0.167. The van der Waals surface area contributed by atoms with Gasteiger partial charge in [-0.15, -0.1) is 5.10 Å². The monoisotopic (exact) mass is 427 g/mol. The number of nitro groups is 1. The van der Waals surface area contributed by atoms with Gasteiger partial charge in [0.05, 0.1) is 16.4 Å². The number of nitro benzene ring substituents is 1. The van der Waals surface area contributed by atoms with E-state index in [1.807, 2.05) is 32.0 Å². The van der Waals surface area contributed by atoms with Gasteiger partial charge in [-0.2, -0.15) is 4.68 Å². The average molecular weight is 427 g/mol. The summed E-state index contributed by atoms with van der Waals surface area (Å²) in [7, 11) is 0. The Morgan fingerprint density at radius 1 is 1.13 bits per heavy atom. The van der Waals surface area contributed by atoms with Crippen molar-refractivity contribution < 1.29 is 14.5 Å². The van der Waals surface area contributed by atoms with Gasteiger partial charge in [0.2, 0.25) is 11.1 Å². The molecule has 0 aliphatic heterocycles. The van der Waals surface area contributed by atoms with Crippen molar-refractivity contribution in [2.75, 3.05) is 5.75 Å². The van der Waals surface area contributed by atoms with Gasteiger partial charge in [-0.1, -0.05) is 36.0 Å². The van der Waals surface area contributed by atoms with Crippen molar-refractivity contribution in [1.82, 2.24) is 31.1 Å². The van der Waals surface area contributed by atoms with Gasteiger partial charge < -0.3 is 0 Å². The predicted octanol–water partition coefficient (Wildman–Crippen LogP) is 1.74. The van der Waals surface area contributed by atoms with Crippen molar-refractivity contribution in [3.8, 4) is 5.69 Å². The van der Waals surface area contributed by atoms with Gasteiger partial charge in [0.1, 0.15) is 0 Å². The van der Waals surface area contributed by atoms with E-state index in [9.17, 15) is 19.7 Å². The first kappa shape index (κ1) is 20.9. The molecule has 0 radical (unpaired) electrons. The molecule has 154 valence electrons. The number of para-hydroxylation sites is 1. The van der Waals surface area contributed by atoms with E-state index in [2.05, 4.69) is 26.4 Å². The van der Waals surface area contributed by atoms with E-state index in [-0.39, 0.29) is 17.0 Å². The van der Waals surface area contributed by atoms with Crippen LogP contribution in [0, 0.1) is 24.0 Å². The number of hydrogen-bond acceptors (Lipinski definition) is 8. The number of rotatable bonds is 6. The quantitative estimate of drug-likeness (QED) is 0.344. The molecule has 3 aromatic rings. The van der Waals surface area contributed by atoms with Crippen molar-refractivity contribution >= 4 is 29.3 Å². The second kappa shape index (κ2) is 9.13. The molecule has 1 aromatic heterocycles. The maximum Gasteiger partial charge on any atom is 0.270 e. The first-order valence-corrected chi connectivity index (χ1v) is 9.67. The second-order valence-electron chi connectivity index (χ2n) is 6.21. The third kappa shape index (κ3) is 4.78. The third-order valence-electron chi connectivity index (χ3n) is 4.06. The summed E-state index contributed by atoms with van der Waals surface area (Å²) in [5.74, 6) is -1.21. The Morgan fingerprint density at radius 2 is 1.83 bits per heavy atom. The first-order chi connectivity index (χ1) is 14.4. The molecule has 3 rings (SSSR count). The molecule has 1 heterocycles. The minimum absolute atomic E-state index is 0.0520. The van der Waals surface area contributed by atoms with Crippen LogP contribution in [-0.2, 0) is 4.79 Å². The molecule has 30 heavy (non-hydrogen) atoms. The number of hydrogen-bond donors (Lipinski definition) is 2. The number of aryl methyl sites for hydroxylation is 2. The number of nitrogens with zero attached hydrogens (tertiary/aromatic N) is 5. The average Bonchev–Trinajstić information content (AvgIpc) is 3.18. The maximum atomic E-state index is 12.1. The van der Waals surface area contributed by atoms with E-state index in [1.165, 1.54) is 18.2 Å². The number of benzene rings is 2. The van der Waals surface area contributed by atoms with E-state index >= 15 is 0 Å². The van der Waals surface area contributed by atoms with Gasteiger partial charge in [0.15, 0.2) is 0 Å². The van der Waals surface area contributed by atoms with Gasteiger partial charge in [0.25, 0.3) is 11.6 Å². The van der Waals surface area contributed by atoms with Crippen LogP contribution in [-0.4, -0.2) is 42.7 Å². The normalized spacial score (nSPS) is 10.5. The summed E-state index contributed by atoms with van der Waals surface area (Å²) in [6.45, 7) is 3.88. The highest BCUT2D eigenvalue weighted by molar-refractivity contribution is 7.99. The number of nitrogens with one attached hydrogen (secondary N) is 2. The van der Waals surface area contributed by atoms with Crippen molar-refractivity contribution in [3.05, 3.63) is 69.3 Å². The molecular formula is C18H17N7O4S. The van der Waals surface area contributed by atoms with Crippen LogP contribution < -0.4 is 10.9 Å². The number of carbonyl (C=O) groups is 2. The Hall–Kier alpha value is -3.80. The topological polar surface area (TPSA) is 145 Å². The Balaban J connectivity index is 1.59. The summed E-state index contributed by atoms with van der Waals surface area (Å²) in [5, 5.41) is 22.8. The molecule has 12 heteroatoms. The number of hydrazine groups is 1. The number of tetrazole rings is 1. The van der Waals surface area contributed by atoms with Gasteiger partial charge in [-0.05, 0) is 41.5 Å². The van der Waals surface area contributed by atoms with Crippen molar-refractivity contribution in [2.45, 2.75) is 19.0 Å². The Bertz CT molecular complexity index is 1100. The van der Waals surface area contributed by atoms with Crippen molar-refractivity contribution in [1.29, 1.82) is 0 Å². The molecule has 2 amide bonds. The van der Waals surface area contributed by atoms with E-state index in [0.29, 0.717) is 5.16 Å². The van der Waals surface area contributed by atoms with Gasteiger partial charge >= 0.3 is 0 Å². The maximum absolute atomic E-state index is 12.1. The zero-order chi connectivity index (χ0) is 21.7. The van der Waals surface area contributed by atoms with Crippen LogP contribution in [0.15, 0.2) is 47.6 Å². The minimum atomic E-state index is -0.669. The smallest absolute Gasteiger partial charge is 0.270 e. The fourth-order valence-electron chi connectivity index (χ4n) is 2.67. The number of carbonyl (C=O) groups excluding carboxylic acids is 2. The molecule has 0 spiro atoms. The predicted molar refractivity (Wildman–Crippen MR) is 108 cm³/mol. The summed E-state index contributed by atoms with van der Waals surface area (Å²) in [6.07, 6.45) is 0. The van der Waals surface area contributed by atoms with E-state index in [1.54, 1.807) is 4.68 Å². The van der Waals surface area contributed by atoms with Crippen LogP contribution in [0.2, 0.25) is 0 Å². The van der Waals surface area contributed by atoms with Gasteiger partial charge in [0, 0.05) is 17.7 Å². The van der Waals surface area contributed by atoms with Crippen LogP contribution in [0.5, 0.6) is 0 Å². The van der Waals surface area contributed by atoms with Crippen molar-refractivity contribution in [3.63, 3.8) is 0 Å². The number of thioether (sulfide) groups is 1. The SMILES string of the molecule is Cc1cccc(C)c1-n1nnnc1SCC(=O)NNC(=O)c1cccc([N+](=O)[O-])c1. The summed E-state index contributed by atoms with van der Waals surface area (Å²) in [6, 6.07) is 11.0. The van der Waals surface area contributed by atoms with E-state index < -0.39 is 16.7 Å². The zero-order valence-corrected chi connectivity index (χ0v) is 16.8. The van der Waals surface area contributed by atoms with Crippen LogP contribution in [0.4, 0.5) is 5.69 Å². The highest BCUT2D eigenvalue weighted by Crippen LogP contribution is 2.23. The summed E-state index contributed by atoms with van der Waals surface area (Å²) < 4.78 is 1.56. The molecule has 0 unspecified atom stereocenters. The molecule has 0 atom stereocenters. The molecule has 0 aliphatic rings. The van der Waals surface area contributed by atoms with Crippen molar-refractivity contribution in [2.24, 2.45) is 0 Å². The lowest BCUT2D eigenvalue weighted by molar-refractivity contribution is -0.384. The molecular weight excluding hydrogens is 410 g/mol. The third-order valence-corrected chi connectivity index (χ3v) is 4.98. The Labute approximate surface area is 175 Å². The minimum Gasteiger partial charge on any atom is -0.272 e. The number of non-ortho nitro benzene ring substituents is 1. The lowest BCUT2D eigenvalue weighted by Crippen LogP contribution is -2.42. The number of amides is 2. The fourth-order valence-corrected chi connectivity index (χ4v) is 3.35. The van der Waals surface area contributed by atoms with Gasteiger partial charge in [-0.3, -0.25) is 30.6 Å². The Kier molecular flexibility index (Phi) is 6.37. The standard InChI is InChI=1S/C18H17N7O4S/c1-11-5-3-6-12(2)16(11)24-18(21-22-23-24)30-10-15(26)19-20-17(27)13-7-4-8-14(9-13)25(28)29/h3-9H,10H2,1-2H3,(H,19,26)(H,20,27). The molecule has 0 aliphatic carbocycles. The van der Waals surface area contributed by atoms with E-state index in [4.69, 9.17) is 0 Å². The lowest BCUT2D eigenvalue weighted by Gasteiger charge is -2.10. The lowest BCUT2D eigenvalue weighted by atomic mass is 10.1. The Morgan fingerprint density at radius 3 is 2.53 bits per heavy atom. The summed E-state index contributed by atoms with van der Waals surface area (Å²) >= 11 is 1.10. The van der Waals surface area contributed by atoms with Crippen LogP contribution in [0.25, 0.3) is 5.69 Å². The molecule has 0 saturated carbocycles. The molecule has 11 nitrogen and oxygen atoms in total. The van der Waals surface area contributed by atoms with Crippen LogP contribution in [0.3, 0.4) is 0 Å². The highest BCUT2D eigenvalue weighted by Gasteiger charge is 2.16. The van der Waals surface area contributed by atoms with Crippen LogP contribution in [0.1, 0.15) is 21.5 Å². The van der Waals surface area contributed by atoms with Gasteiger partial charge in [-0.25, -0.2) is 0 Å². The molecule has 2 aromatic carbocycles. The second-order valence-corrected chi connectivity index (χ2v) is 7.15. The highest BCUT2D eigenvalue weighted by atomic mass is 32.2.